The first-order valence-corrected chi connectivity index (χ1v) is 5.64. The molecular formula is C14H13FN2O2. The molecule has 0 saturated heterocycles. The van der Waals surface area contributed by atoms with Gasteiger partial charge >= 0.3 is 0 Å². The highest BCUT2D eigenvalue weighted by Gasteiger charge is 2.12. The Labute approximate surface area is 109 Å². The summed E-state index contributed by atoms with van der Waals surface area (Å²) in [6.07, 6.45) is 0. The van der Waals surface area contributed by atoms with E-state index in [9.17, 15) is 14.3 Å². The van der Waals surface area contributed by atoms with Crippen molar-refractivity contribution in [2.24, 2.45) is 0 Å². The molecule has 2 aromatic carbocycles. The van der Waals surface area contributed by atoms with E-state index < -0.39 is 11.7 Å². The van der Waals surface area contributed by atoms with Crippen LogP contribution in [0.2, 0.25) is 0 Å². The van der Waals surface area contributed by atoms with E-state index in [1.165, 1.54) is 24.3 Å². The summed E-state index contributed by atoms with van der Waals surface area (Å²) in [4.78, 5) is 11.9. The first-order chi connectivity index (χ1) is 8.99. The van der Waals surface area contributed by atoms with Crippen molar-refractivity contribution in [3.05, 3.63) is 53.3 Å². The van der Waals surface area contributed by atoms with Gasteiger partial charge in [-0.25, -0.2) is 4.39 Å². The number of nitrogen functional groups attached to an aromatic ring is 1. The van der Waals surface area contributed by atoms with E-state index in [2.05, 4.69) is 5.32 Å². The van der Waals surface area contributed by atoms with Gasteiger partial charge in [-0.15, -0.1) is 0 Å². The van der Waals surface area contributed by atoms with Gasteiger partial charge in [0.2, 0.25) is 0 Å². The van der Waals surface area contributed by atoms with Crippen LogP contribution in [0.5, 0.6) is 5.75 Å². The van der Waals surface area contributed by atoms with E-state index in [1.54, 1.807) is 19.1 Å². The molecule has 0 atom stereocenters. The summed E-state index contributed by atoms with van der Waals surface area (Å²) in [5.74, 6) is -1.13. The number of benzene rings is 2. The van der Waals surface area contributed by atoms with Crippen LogP contribution in [0.25, 0.3) is 0 Å². The van der Waals surface area contributed by atoms with Crippen molar-refractivity contribution in [1.82, 2.24) is 0 Å². The van der Waals surface area contributed by atoms with Crippen molar-refractivity contribution < 1.29 is 14.3 Å². The van der Waals surface area contributed by atoms with Gasteiger partial charge < -0.3 is 16.2 Å². The predicted molar refractivity (Wildman–Crippen MR) is 71.6 cm³/mol. The second-order valence-electron chi connectivity index (χ2n) is 4.16. The summed E-state index contributed by atoms with van der Waals surface area (Å²) in [5.41, 5.74) is 6.56. The molecule has 0 radical (unpaired) electrons. The molecule has 0 fully saturated rings. The first-order valence-electron chi connectivity index (χ1n) is 5.64. The van der Waals surface area contributed by atoms with Gasteiger partial charge in [-0.05, 0) is 36.8 Å². The van der Waals surface area contributed by atoms with Crippen molar-refractivity contribution >= 4 is 17.3 Å². The number of halogens is 1. The summed E-state index contributed by atoms with van der Waals surface area (Å²) in [5, 5.41) is 11.9. The average molecular weight is 260 g/mol. The highest BCUT2D eigenvalue weighted by Crippen LogP contribution is 2.23. The largest absolute Gasteiger partial charge is 0.508 e. The van der Waals surface area contributed by atoms with E-state index in [-0.39, 0.29) is 22.7 Å². The van der Waals surface area contributed by atoms with E-state index >= 15 is 0 Å². The second-order valence-corrected chi connectivity index (χ2v) is 4.16. The van der Waals surface area contributed by atoms with Crippen LogP contribution >= 0.6 is 0 Å². The lowest BCUT2D eigenvalue weighted by molar-refractivity contribution is 0.102. The lowest BCUT2D eigenvalue weighted by Crippen LogP contribution is -2.14. The number of anilines is 2. The zero-order valence-corrected chi connectivity index (χ0v) is 10.3. The number of nitrogens with one attached hydrogen (secondary N) is 1. The van der Waals surface area contributed by atoms with Crippen LogP contribution in [0.1, 0.15) is 15.9 Å². The zero-order valence-electron chi connectivity index (χ0n) is 10.3. The number of para-hydroxylation sites is 1. The number of amides is 1. The van der Waals surface area contributed by atoms with Crippen molar-refractivity contribution in [3.8, 4) is 5.75 Å². The molecule has 0 aromatic heterocycles. The Bertz CT molecular complexity index is 621. The van der Waals surface area contributed by atoms with Gasteiger partial charge in [-0.3, -0.25) is 4.79 Å². The molecule has 0 aliphatic rings. The number of aromatic hydroxyl groups is 1. The van der Waals surface area contributed by atoms with Crippen LogP contribution < -0.4 is 11.1 Å². The van der Waals surface area contributed by atoms with Crippen LogP contribution in [-0.4, -0.2) is 11.0 Å². The smallest absolute Gasteiger partial charge is 0.255 e. The minimum atomic E-state index is -0.607. The van der Waals surface area contributed by atoms with E-state index in [1.807, 2.05) is 0 Å². The molecule has 19 heavy (non-hydrogen) atoms. The molecule has 1 amide bonds. The van der Waals surface area contributed by atoms with Crippen molar-refractivity contribution in [2.75, 3.05) is 11.1 Å². The number of carbonyl (C=O) groups excluding carboxylic acids is 1. The topological polar surface area (TPSA) is 75.4 Å². The highest BCUT2D eigenvalue weighted by atomic mass is 19.1. The number of rotatable bonds is 2. The third-order valence-corrected chi connectivity index (χ3v) is 2.76. The number of hydrogen-bond acceptors (Lipinski definition) is 3. The Morgan fingerprint density at radius 1 is 1.32 bits per heavy atom. The van der Waals surface area contributed by atoms with E-state index in [0.29, 0.717) is 5.56 Å². The van der Waals surface area contributed by atoms with Crippen LogP contribution in [0.15, 0.2) is 36.4 Å². The maximum Gasteiger partial charge on any atom is 0.255 e. The Kier molecular flexibility index (Phi) is 3.37. The lowest BCUT2D eigenvalue weighted by atomic mass is 10.1. The van der Waals surface area contributed by atoms with Gasteiger partial charge in [0.15, 0.2) is 0 Å². The molecule has 4 N–H and O–H groups in total. The molecule has 4 nitrogen and oxygen atoms in total. The Balaban J connectivity index is 2.28. The summed E-state index contributed by atoms with van der Waals surface area (Å²) >= 11 is 0. The van der Waals surface area contributed by atoms with E-state index in [4.69, 9.17) is 5.73 Å². The summed E-state index contributed by atoms with van der Waals surface area (Å²) < 4.78 is 13.5. The average Bonchev–Trinajstić information content (AvgIpc) is 2.37. The molecule has 0 bridgehead atoms. The maximum absolute atomic E-state index is 13.5. The van der Waals surface area contributed by atoms with Crippen LogP contribution in [-0.2, 0) is 0 Å². The third-order valence-electron chi connectivity index (χ3n) is 2.76. The number of nitrogens with two attached hydrogens (primary N) is 1. The van der Waals surface area contributed by atoms with Crippen LogP contribution in [0, 0.1) is 12.7 Å². The lowest BCUT2D eigenvalue weighted by Gasteiger charge is -2.09. The summed E-state index contributed by atoms with van der Waals surface area (Å²) in [7, 11) is 0. The normalized spacial score (nSPS) is 10.2. The Morgan fingerprint density at radius 2 is 2.05 bits per heavy atom. The minimum Gasteiger partial charge on any atom is -0.508 e. The number of phenols is 1. The zero-order chi connectivity index (χ0) is 14.0. The molecule has 0 aliphatic heterocycles. The Morgan fingerprint density at radius 3 is 2.68 bits per heavy atom. The fourth-order valence-electron chi connectivity index (χ4n) is 1.61. The number of aryl methyl sites for hydroxylation is 1. The third kappa shape index (κ3) is 2.65. The SMILES string of the molecule is Cc1ccc(C(=O)Nc2c(N)cccc2F)cc1O. The fraction of sp³-hybridized carbons (Fsp3) is 0.0714. The molecule has 2 rings (SSSR count). The molecule has 0 heterocycles. The van der Waals surface area contributed by atoms with Gasteiger partial charge in [0.05, 0.1) is 5.69 Å². The summed E-state index contributed by atoms with van der Waals surface area (Å²) in [6.45, 7) is 1.71. The van der Waals surface area contributed by atoms with Gasteiger partial charge in [0, 0.05) is 5.56 Å². The minimum absolute atomic E-state index is 0.00848. The predicted octanol–water partition coefficient (Wildman–Crippen LogP) is 2.67. The fourth-order valence-corrected chi connectivity index (χ4v) is 1.61. The molecule has 0 unspecified atom stereocenters. The van der Waals surface area contributed by atoms with E-state index in [0.717, 1.165) is 0 Å². The van der Waals surface area contributed by atoms with Gasteiger partial charge in [-0.2, -0.15) is 0 Å². The number of carbonyl (C=O) groups is 1. The first kappa shape index (κ1) is 12.9. The van der Waals surface area contributed by atoms with Crippen molar-refractivity contribution in [3.63, 3.8) is 0 Å². The summed E-state index contributed by atoms with van der Waals surface area (Å²) in [6, 6.07) is 8.63. The molecule has 0 saturated carbocycles. The molecule has 5 heteroatoms. The molecule has 98 valence electrons. The number of phenolic OH excluding ortho intramolecular Hbond substituents is 1. The van der Waals surface area contributed by atoms with Gasteiger partial charge in [-0.1, -0.05) is 12.1 Å². The van der Waals surface area contributed by atoms with Crippen molar-refractivity contribution in [2.45, 2.75) is 6.92 Å². The molecule has 0 aliphatic carbocycles. The number of hydrogen-bond donors (Lipinski definition) is 3. The molecule has 2 aromatic rings. The standard InChI is InChI=1S/C14H13FN2O2/c1-8-5-6-9(7-12(8)18)14(19)17-13-10(15)3-2-4-11(13)16/h2-7,18H,16H2,1H3,(H,17,19). The quantitative estimate of drug-likeness (QED) is 0.727. The van der Waals surface area contributed by atoms with Crippen LogP contribution in [0.3, 0.4) is 0 Å². The van der Waals surface area contributed by atoms with Gasteiger partial charge in [0.25, 0.3) is 5.91 Å². The van der Waals surface area contributed by atoms with Gasteiger partial charge in [0.1, 0.15) is 17.3 Å². The van der Waals surface area contributed by atoms with Crippen LogP contribution in [0.4, 0.5) is 15.8 Å². The molecular weight excluding hydrogens is 247 g/mol. The monoisotopic (exact) mass is 260 g/mol. The second kappa shape index (κ2) is 4.97. The Hall–Kier alpha value is -2.56. The van der Waals surface area contributed by atoms with Crippen molar-refractivity contribution in [1.29, 1.82) is 0 Å². The highest BCUT2D eigenvalue weighted by molar-refractivity contribution is 6.06. The maximum atomic E-state index is 13.5. The molecule has 0 spiro atoms.